The molecule has 0 radical (unpaired) electrons. The van der Waals surface area contributed by atoms with Gasteiger partial charge in [0.15, 0.2) is 0 Å². The van der Waals surface area contributed by atoms with Crippen LogP contribution in [0.15, 0.2) is 42.5 Å². The van der Waals surface area contributed by atoms with Gasteiger partial charge in [-0.3, -0.25) is 9.59 Å². The van der Waals surface area contributed by atoms with E-state index < -0.39 is 23.4 Å². The van der Waals surface area contributed by atoms with Gasteiger partial charge in [0, 0.05) is 12.6 Å². The number of hydrogen-bond acceptors (Lipinski definition) is 5. The second-order valence-corrected chi connectivity index (χ2v) is 7.52. The Balaban J connectivity index is 1.74. The molecule has 2 aromatic carbocycles. The first-order valence-corrected chi connectivity index (χ1v) is 10.3. The molecule has 7 nitrogen and oxygen atoms in total. The number of halogens is 3. The number of aromatic nitrogens is 2. The Labute approximate surface area is 194 Å². The van der Waals surface area contributed by atoms with Crippen LogP contribution in [0.3, 0.4) is 0 Å². The van der Waals surface area contributed by atoms with Crippen molar-refractivity contribution < 1.29 is 32.2 Å². The highest BCUT2D eigenvalue weighted by atomic mass is 19.4. The maximum absolute atomic E-state index is 13.1. The van der Waals surface area contributed by atoms with Crippen LogP contribution < -0.4 is 14.8 Å². The van der Waals surface area contributed by atoms with Crippen LogP contribution in [-0.4, -0.2) is 42.2 Å². The van der Waals surface area contributed by atoms with Gasteiger partial charge in [-0.25, -0.2) is 4.68 Å². The van der Waals surface area contributed by atoms with Gasteiger partial charge in [0.1, 0.15) is 11.5 Å². The summed E-state index contributed by atoms with van der Waals surface area (Å²) in [6.45, 7) is 3.23. The van der Waals surface area contributed by atoms with Gasteiger partial charge in [0.25, 0.3) is 11.7 Å². The molecule has 0 unspecified atom stereocenters. The molecule has 0 atom stereocenters. The molecule has 1 aromatic heterocycles. The summed E-state index contributed by atoms with van der Waals surface area (Å²) in [5, 5.41) is 6.77. The van der Waals surface area contributed by atoms with Gasteiger partial charge in [-0.05, 0) is 50.1 Å². The summed E-state index contributed by atoms with van der Waals surface area (Å²) < 4.78 is 50.9. The maximum Gasteiger partial charge on any atom is 0.416 e. The predicted octanol–water partition coefficient (Wildman–Crippen LogP) is 4.07. The van der Waals surface area contributed by atoms with Gasteiger partial charge >= 0.3 is 6.18 Å². The van der Waals surface area contributed by atoms with Crippen LogP contribution in [-0.2, 0) is 17.4 Å². The molecule has 0 aliphatic carbocycles. The van der Waals surface area contributed by atoms with Gasteiger partial charge in [-0.2, -0.15) is 18.3 Å². The highest BCUT2D eigenvalue weighted by Gasteiger charge is 2.31. The highest BCUT2D eigenvalue weighted by Crippen LogP contribution is 2.31. The zero-order chi connectivity index (χ0) is 25.0. The van der Waals surface area contributed by atoms with Crippen LogP contribution in [0.5, 0.6) is 11.5 Å². The summed E-state index contributed by atoms with van der Waals surface area (Å²) in [7, 11) is 3.06. The van der Waals surface area contributed by atoms with Crippen molar-refractivity contribution >= 4 is 11.7 Å². The number of carbonyl (C=O) groups is 2. The zero-order valence-corrected chi connectivity index (χ0v) is 19.1. The number of alkyl halides is 3. The molecule has 1 N–H and O–H groups in total. The Hall–Kier alpha value is -3.82. The summed E-state index contributed by atoms with van der Waals surface area (Å²) >= 11 is 0. The molecule has 0 fully saturated rings. The molecule has 180 valence electrons. The van der Waals surface area contributed by atoms with Gasteiger partial charge < -0.3 is 14.8 Å². The Kier molecular flexibility index (Phi) is 7.29. The number of amides is 1. The van der Waals surface area contributed by atoms with E-state index in [1.807, 2.05) is 0 Å². The number of rotatable bonds is 8. The lowest BCUT2D eigenvalue weighted by atomic mass is 10.1. The molecule has 0 saturated heterocycles. The quantitative estimate of drug-likeness (QED) is 0.392. The van der Waals surface area contributed by atoms with Crippen molar-refractivity contribution in [1.29, 1.82) is 0 Å². The smallest absolute Gasteiger partial charge is 0.416 e. The molecule has 1 amide bonds. The average molecular weight is 475 g/mol. The Morgan fingerprint density at radius 2 is 1.79 bits per heavy atom. The van der Waals surface area contributed by atoms with Crippen molar-refractivity contribution in [2.45, 2.75) is 26.4 Å². The normalized spacial score (nSPS) is 11.3. The van der Waals surface area contributed by atoms with E-state index in [-0.39, 0.29) is 29.2 Å². The third kappa shape index (κ3) is 5.22. The summed E-state index contributed by atoms with van der Waals surface area (Å²) in [4.78, 5) is 25.3. The lowest BCUT2D eigenvalue weighted by Crippen LogP contribution is -2.33. The lowest BCUT2D eigenvalue weighted by molar-refractivity contribution is -0.137. The minimum absolute atomic E-state index is 0.0527. The Morgan fingerprint density at radius 3 is 2.44 bits per heavy atom. The molecule has 0 spiro atoms. The van der Waals surface area contributed by atoms with Crippen LogP contribution in [0.1, 0.15) is 32.9 Å². The Bertz CT molecular complexity index is 1220. The number of nitrogens with zero attached hydrogens (tertiary/aromatic N) is 2. The van der Waals surface area contributed by atoms with E-state index >= 15 is 0 Å². The number of benzene rings is 2. The summed E-state index contributed by atoms with van der Waals surface area (Å²) in [5.41, 5.74) is 0.692. The molecule has 10 heteroatoms. The minimum Gasteiger partial charge on any atom is -0.497 e. The van der Waals surface area contributed by atoms with Gasteiger partial charge in [0.05, 0.1) is 42.4 Å². The minimum atomic E-state index is -4.52. The van der Waals surface area contributed by atoms with Gasteiger partial charge in [-0.15, -0.1) is 0 Å². The van der Waals surface area contributed by atoms with E-state index in [9.17, 15) is 22.8 Å². The predicted molar refractivity (Wildman–Crippen MR) is 119 cm³/mol. The topological polar surface area (TPSA) is 82.5 Å². The number of methoxy groups -OCH3 is 2. The van der Waals surface area contributed by atoms with E-state index in [0.717, 1.165) is 17.7 Å². The van der Waals surface area contributed by atoms with Crippen LogP contribution in [0.25, 0.3) is 5.69 Å². The van der Waals surface area contributed by atoms with Gasteiger partial charge in [0.2, 0.25) is 0 Å². The molecular formula is C24H24F3N3O4. The molecule has 0 aliphatic heterocycles. The van der Waals surface area contributed by atoms with Crippen LogP contribution in [0.2, 0.25) is 0 Å². The first-order chi connectivity index (χ1) is 16.1. The van der Waals surface area contributed by atoms with Crippen molar-refractivity contribution in [3.8, 4) is 17.2 Å². The molecule has 0 aliphatic rings. The van der Waals surface area contributed by atoms with Crippen molar-refractivity contribution in [3.05, 3.63) is 70.5 Å². The number of nitrogens with one attached hydrogen (secondary N) is 1. The zero-order valence-electron chi connectivity index (χ0n) is 19.1. The van der Waals surface area contributed by atoms with Crippen LogP contribution >= 0.6 is 0 Å². The Morgan fingerprint density at radius 1 is 1.06 bits per heavy atom. The number of ketones is 1. The summed E-state index contributed by atoms with van der Waals surface area (Å²) in [6.07, 6.45) is -4.11. The first kappa shape index (κ1) is 24.8. The number of Topliss-reactive ketones (excluding diaryl/α,β-unsaturated/α-hetero) is 1. The number of carbonyl (C=O) groups excluding carboxylic acids is 2. The lowest BCUT2D eigenvalue weighted by Gasteiger charge is -2.11. The molecule has 3 rings (SSSR count). The van der Waals surface area contributed by atoms with E-state index in [2.05, 4.69) is 10.4 Å². The van der Waals surface area contributed by atoms with E-state index in [4.69, 9.17) is 9.47 Å². The second kappa shape index (κ2) is 9.98. The van der Waals surface area contributed by atoms with Crippen molar-refractivity contribution in [2.24, 2.45) is 0 Å². The van der Waals surface area contributed by atoms with Crippen molar-refractivity contribution in [3.63, 3.8) is 0 Å². The van der Waals surface area contributed by atoms with E-state index in [1.54, 1.807) is 25.3 Å². The number of aryl methyl sites for hydroxylation is 1. The summed E-state index contributed by atoms with van der Waals surface area (Å²) in [5.74, 6) is -0.422. The highest BCUT2D eigenvalue weighted by molar-refractivity contribution is 6.43. The van der Waals surface area contributed by atoms with Crippen molar-refractivity contribution in [2.75, 3.05) is 20.8 Å². The van der Waals surface area contributed by atoms with E-state index in [0.29, 0.717) is 17.9 Å². The molecule has 34 heavy (non-hydrogen) atoms. The van der Waals surface area contributed by atoms with E-state index in [1.165, 1.54) is 37.8 Å². The standard InChI is InChI=1S/C24H24F3N3O4/c1-14-21(15(2)30(29-14)18-7-5-6-17(12-18)24(25,26)27)22(31)23(32)28-11-10-16-8-9-19(33-3)13-20(16)34-4/h5-9,12-13H,10-11H2,1-4H3,(H,28,32). The second-order valence-electron chi connectivity index (χ2n) is 7.52. The van der Waals surface area contributed by atoms with Gasteiger partial charge in [-0.1, -0.05) is 12.1 Å². The number of ether oxygens (including phenoxy) is 2. The number of hydrogen-bond donors (Lipinski definition) is 1. The molecule has 1 heterocycles. The summed E-state index contributed by atoms with van der Waals surface area (Å²) in [6, 6.07) is 9.89. The van der Waals surface area contributed by atoms with Crippen LogP contribution in [0.4, 0.5) is 13.2 Å². The van der Waals surface area contributed by atoms with Crippen LogP contribution in [0, 0.1) is 13.8 Å². The maximum atomic E-state index is 13.1. The third-order valence-electron chi connectivity index (χ3n) is 5.32. The fourth-order valence-electron chi connectivity index (χ4n) is 3.60. The average Bonchev–Trinajstić information content (AvgIpc) is 3.11. The largest absolute Gasteiger partial charge is 0.497 e. The SMILES string of the molecule is COc1ccc(CCNC(=O)C(=O)c2c(C)nn(-c3cccc(C(F)(F)F)c3)c2C)c(OC)c1. The molecule has 0 bridgehead atoms. The fourth-order valence-corrected chi connectivity index (χ4v) is 3.60. The first-order valence-electron chi connectivity index (χ1n) is 10.3. The molecule has 3 aromatic rings. The third-order valence-corrected chi connectivity index (χ3v) is 5.32. The monoisotopic (exact) mass is 475 g/mol. The van der Waals surface area contributed by atoms with Crippen molar-refractivity contribution in [1.82, 2.24) is 15.1 Å². The molecular weight excluding hydrogens is 451 g/mol. The molecule has 0 saturated carbocycles. The fraction of sp³-hybridized carbons (Fsp3) is 0.292.